The van der Waals surface area contributed by atoms with Gasteiger partial charge in [-0.15, -0.1) is 0 Å². The average molecular weight is 289 g/mol. The van der Waals surface area contributed by atoms with Gasteiger partial charge in [-0.25, -0.2) is 4.98 Å². The van der Waals surface area contributed by atoms with Gasteiger partial charge in [0.25, 0.3) is 0 Å². The fourth-order valence-electron chi connectivity index (χ4n) is 2.77. The average Bonchev–Trinajstić information content (AvgIpc) is 2.80. The molecule has 20 heavy (non-hydrogen) atoms. The van der Waals surface area contributed by atoms with Crippen LogP contribution in [0.5, 0.6) is 0 Å². The van der Waals surface area contributed by atoms with Crippen molar-refractivity contribution in [3.63, 3.8) is 0 Å². The largest absolute Gasteiger partial charge is 0.327 e. The Labute approximate surface area is 122 Å². The number of hydrogen-bond acceptors (Lipinski definition) is 4. The number of nitrogens with one attached hydrogen (secondary N) is 1. The zero-order valence-electron chi connectivity index (χ0n) is 11.6. The predicted octanol–water partition coefficient (Wildman–Crippen LogP) is 3.06. The van der Waals surface area contributed by atoms with E-state index in [1.807, 2.05) is 12.1 Å². The number of carbonyl (C=O) groups is 1. The maximum absolute atomic E-state index is 12.3. The number of anilines is 1. The summed E-state index contributed by atoms with van der Waals surface area (Å²) in [5, 5.41) is 3.61. The fourth-order valence-corrected chi connectivity index (χ4v) is 3.74. The van der Waals surface area contributed by atoms with Crippen molar-refractivity contribution in [1.29, 1.82) is 0 Å². The molecule has 1 aliphatic rings. The molecule has 4 nitrogen and oxygen atoms in total. The van der Waals surface area contributed by atoms with E-state index >= 15 is 0 Å². The zero-order valence-corrected chi connectivity index (χ0v) is 12.4. The first-order valence-corrected chi connectivity index (χ1v) is 7.89. The molecular formula is C15H19N3OS. The standard InChI is InChI=1S/C15H19N3OS/c1-9-6-7-12-13(8-9)20-15(17-12)18-14(19)10-4-2-3-5-11(10)16/h6-8,10-11H,2-5,16H2,1H3,(H,17,18,19). The number of nitrogens with zero attached hydrogens (tertiary/aromatic N) is 1. The van der Waals surface area contributed by atoms with Crippen LogP contribution in [0, 0.1) is 12.8 Å². The van der Waals surface area contributed by atoms with Gasteiger partial charge in [-0.2, -0.15) is 0 Å². The first-order chi connectivity index (χ1) is 9.63. The minimum atomic E-state index is -0.0718. The Bertz CT molecular complexity index is 637. The molecule has 1 aliphatic carbocycles. The lowest BCUT2D eigenvalue weighted by Gasteiger charge is -2.26. The lowest BCUT2D eigenvalue weighted by atomic mass is 9.84. The quantitative estimate of drug-likeness (QED) is 0.892. The van der Waals surface area contributed by atoms with Crippen molar-refractivity contribution in [2.24, 2.45) is 11.7 Å². The number of hydrogen-bond donors (Lipinski definition) is 2. The number of carbonyl (C=O) groups excluding carboxylic acids is 1. The summed E-state index contributed by atoms with van der Waals surface area (Å²) < 4.78 is 1.10. The second kappa shape index (κ2) is 5.50. The number of nitrogens with two attached hydrogens (primary N) is 1. The fraction of sp³-hybridized carbons (Fsp3) is 0.467. The molecule has 1 aromatic carbocycles. The smallest absolute Gasteiger partial charge is 0.230 e. The van der Waals surface area contributed by atoms with Crippen LogP contribution < -0.4 is 11.1 Å². The molecule has 2 aromatic rings. The van der Waals surface area contributed by atoms with Crippen molar-refractivity contribution < 1.29 is 4.79 Å². The summed E-state index contributed by atoms with van der Waals surface area (Å²) in [6.45, 7) is 2.05. The lowest BCUT2D eigenvalue weighted by molar-refractivity contribution is -0.121. The molecule has 106 valence electrons. The number of fused-ring (bicyclic) bond motifs is 1. The van der Waals surface area contributed by atoms with Gasteiger partial charge < -0.3 is 11.1 Å². The highest BCUT2D eigenvalue weighted by Crippen LogP contribution is 2.29. The molecule has 3 rings (SSSR count). The molecule has 1 aromatic heterocycles. The summed E-state index contributed by atoms with van der Waals surface area (Å²) in [6.07, 6.45) is 4.05. The van der Waals surface area contributed by atoms with E-state index in [0.717, 1.165) is 35.9 Å². The van der Waals surface area contributed by atoms with Gasteiger partial charge in [0.15, 0.2) is 5.13 Å². The monoisotopic (exact) mass is 289 g/mol. The topological polar surface area (TPSA) is 68.0 Å². The summed E-state index contributed by atoms with van der Waals surface area (Å²) >= 11 is 1.52. The van der Waals surface area contributed by atoms with Crippen LogP contribution in [0.15, 0.2) is 18.2 Å². The maximum atomic E-state index is 12.3. The molecule has 0 saturated heterocycles. The number of amides is 1. The molecule has 0 spiro atoms. The van der Waals surface area contributed by atoms with Gasteiger partial charge >= 0.3 is 0 Å². The number of aryl methyl sites for hydroxylation is 1. The molecule has 1 fully saturated rings. The van der Waals surface area contributed by atoms with E-state index in [9.17, 15) is 4.79 Å². The first kappa shape index (κ1) is 13.5. The number of thiazole rings is 1. The molecule has 1 amide bonds. The molecule has 3 N–H and O–H groups in total. The van der Waals surface area contributed by atoms with Crippen LogP contribution in [-0.4, -0.2) is 16.9 Å². The second-order valence-corrected chi connectivity index (χ2v) is 6.56. The van der Waals surface area contributed by atoms with E-state index in [-0.39, 0.29) is 17.9 Å². The minimum absolute atomic E-state index is 0.0135. The highest BCUT2D eigenvalue weighted by Gasteiger charge is 2.28. The van der Waals surface area contributed by atoms with Crippen molar-refractivity contribution in [3.05, 3.63) is 23.8 Å². The second-order valence-electron chi connectivity index (χ2n) is 5.53. The summed E-state index contributed by atoms with van der Waals surface area (Å²) in [5.74, 6) is -0.0505. The zero-order chi connectivity index (χ0) is 14.1. The van der Waals surface area contributed by atoms with Crippen LogP contribution in [0.25, 0.3) is 10.2 Å². The molecule has 1 saturated carbocycles. The van der Waals surface area contributed by atoms with Gasteiger partial charge in [-0.3, -0.25) is 4.79 Å². The summed E-state index contributed by atoms with van der Waals surface area (Å²) in [5.41, 5.74) is 8.19. The van der Waals surface area contributed by atoms with Crippen LogP contribution in [0.4, 0.5) is 5.13 Å². The maximum Gasteiger partial charge on any atom is 0.230 e. The Morgan fingerprint density at radius 1 is 1.40 bits per heavy atom. The van der Waals surface area contributed by atoms with Crippen LogP contribution in [-0.2, 0) is 4.79 Å². The molecule has 2 unspecified atom stereocenters. The Morgan fingerprint density at radius 3 is 3.00 bits per heavy atom. The summed E-state index contributed by atoms with van der Waals surface area (Å²) in [4.78, 5) is 16.8. The van der Waals surface area contributed by atoms with Crippen molar-refractivity contribution in [1.82, 2.24) is 4.98 Å². The molecule has 0 bridgehead atoms. The molecule has 0 radical (unpaired) electrons. The molecule has 0 aliphatic heterocycles. The number of aromatic nitrogens is 1. The van der Waals surface area contributed by atoms with Crippen LogP contribution in [0.3, 0.4) is 0 Å². The lowest BCUT2D eigenvalue weighted by Crippen LogP contribution is -2.40. The van der Waals surface area contributed by atoms with Crippen molar-refractivity contribution in [2.75, 3.05) is 5.32 Å². The van der Waals surface area contributed by atoms with Crippen LogP contribution >= 0.6 is 11.3 Å². The van der Waals surface area contributed by atoms with Gasteiger partial charge in [0, 0.05) is 6.04 Å². The van der Waals surface area contributed by atoms with E-state index in [1.54, 1.807) is 0 Å². The molecular weight excluding hydrogens is 270 g/mol. The van der Waals surface area contributed by atoms with Crippen molar-refractivity contribution >= 4 is 32.6 Å². The van der Waals surface area contributed by atoms with E-state index in [4.69, 9.17) is 5.73 Å². The molecule has 1 heterocycles. The molecule has 2 atom stereocenters. The van der Waals surface area contributed by atoms with Gasteiger partial charge in [0.1, 0.15) is 0 Å². The van der Waals surface area contributed by atoms with Gasteiger partial charge in [0.2, 0.25) is 5.91 Å². The first-order valence-electron chi connectivity index (χ1n) is 7.07. The number of benzene rings is 1. The summed E-state index contributed by atoms with van der Waals surface area (Å²) in [6, 6.07) is 6.10. The molecule has 5 heteroatoms. The Morgan fingerprint density at radius 2 is 2.20 bits per heavy atom. The van der Waals surface area contributed by atoms with Gasteiger partial charge in [0.05, 0.1) is 16.1 Å². The summed E-state index contributed by atoms with van der Waals surface area (Å²) in [7, 11) is 0. The van der Waals surface area contributed by atoms with E-state index < -0.39 is 0 Å². The normalized spacial score (nSPS) is 22.9. The SMILES string of the molecule is Cc1ccc2nc(NC(=O)C3CCCCC3N)sc2c1. The third-order valence-electron chi connectivity index (χ3n) is 3.93. The highest BCUT2D eigenvalue weighted by molar-refractivity contribution is 7.22. The van der Waals surface area contributed by atoms with E-state index in [1.165, 1.54) is 16.9 Å². The Hall–Kier alpha value is -1.46. The van der Waals surface area contributed by atoms with E-state index in [2.05, 4.69) is 23.3 Å². The third-order valence-corrected chi connectivity index (χ3v) is 4.86. The Kier molecular flexibility index (Phi) is 3.72. The van der Waals surface area contributed by atoms with E-state index in [0.29, 0.717) is 5.13 Å². The minimum Gasteiger partial charge on any atom is -0.327 e. The number of rotatable bonds is 2. The van der Waals surface area contributed by atoms with Crippen molar-refractivity contribution in [3.8, 4) is 0 Å². The Balaban J connectivity index is 1.76. The van der Waals surface area contributed by atoms with Crippen LogP contribution in [0.2, 0.25) is 0 Å². The van der Waals surface area contributed by atoms with Crippen molar-refractivity contribution in [2.45, 2.75) is 38.6 Å². The van der Waals surface area contributed by atoms with Crippen LogP contribution in [0.1, 0.15) is 31.2 Å². The highest BCUT2D eigenvalue weighted by atomic mass is 32.1. The van der Waals surface area contributed by atoms with Gasteiger partial charge in [-0.05, 0) is 37.5 Å². The predicted molar refractivity (Wildman–Crippen MR) is 82.9 cm³/mol. The van der Waals surface area contributed by atoms with Gasteiger partial charge in [-0.1, -0.05) is 30.2 Å². The third kappa shape index (κ3) is 2.69.